The fraction of sp³-hybridized carbons (Fsp3) is 0.480. The Morgan fingerprint density at radius 1 is 1.03 bits per heavy atom. The average molecular weight is 406 g/mol. The van der Waals surface area contributed by atoms with Crippen molar-refractivity contribution in [3.8, 4) is 5.75 Å². The van der Waals surface area contributed by atoms with Gasteiger partial charge in [0.25, 0.3) is 0 Å². The van der Waals surface area contributed by atoms with E-state index in [1.54, 1.807) is 0 Å². The van der Waals surface area contributed by atoms with E-state index >= 15 is 0 Å². The van der Waals surface area contributed by atoms with E-state index in [0.29, 0.717) is 5.92 Å². The number of aryl methyl sites for hydroxylation is 3. The Hall–Kier alpha value is -1.06. The number of rotatable bonds is 7. The summed E-state index contributed by atoms with van der Waals surface area (Å²) in [6, 6.07) is 10.4. The van der Waals surface area contributed by atoms with Gasteiger partial charge in [-0.2, -0.15) is 0 Å². The molecule has 1 unspecified atom stereocenters. The molecule has 2 rings (SSSR count). The van der Waals surface area contributed by atoms with Gasteiger partial charge in [0.05, 0.1) is 6.61 Å². The van der Waals surface area contributed by atoms with E-state index in [1.807, 2.05) is 12.1 Å². The number of carbonyl (C=O) groups is 1. The minimum absolute atomic E-state index is 0. The maximum absolute atomic E-state index is 13.1. The molecular weight excluding hydrogens is 370 g/mol. The van der Waals surface area contributed by atoms with Gasteiger partial charge in [-0.1, -0.05) is 52.8 Å². The number of benzene rings is 2. The van der Waals surface area contributed by atoms with Gasteiger partial charge in [-0.3, -0.25) is 4.79 Å². The zero-order chi connectivity index (χ0) is 21.1. The molecule has 0 fully saturated rings. The normalized spacial score (nSPS) is 11.8. The van der Waals surface area contributed by atoms with Gasteiger partial charge in [-0.15, -0.1) is 0 Å². The van der Waals surface area contributed by atoms with Crippen LogP contribution in [0.5, 0.6) is 5.75 Å². The van der Waals surface area contributed by atoms with Crippen molar-refractivity contribution in [3.63, 3.8) is 0 Å². The van der Waals surface area contributed by atoms with Crippen molar-refractivity contribution in [1.82, 2.24) is 0 Å². The standard InChI is InChI=1S/C25H35O2P.Li.H/c1-16(2)11-12-27-21-9-10-22(17(3)15-21)28-24(26)23-18(4)13-20(14-19(23)5)25(6,7)8;;/h9-10,13-16,28H,11-12H2,1-8H3;;/q;+1;-1. The molecule has 0 radical (unpaired) electrons. The number of hydrogen-bond donors (Lipinski definition) is 0. The van der Waals surface area contributed by atoms with Crippen LogP contribution in [-0.4, -0.2) is 12.1 Å². The van der Waals surface area contributed by atoms with Gasteiger partial charge in [0.2, 0.25) is 0 Å². The van der Waals surface area contributed by atoms with Crippen molar-refractivity contribution < 1.29 is 29.8 Å². The quantitative estimate of drug-likeness (QED) is 0.519. The molecule has 154 valence electrons. The molecule has 0 aliphatic heterocycles. The van der Waals surface area contributed by atoms with Crippen LogP contribution in [0, 0.1) is 26.7 Å². The molecule has 29 heavy (non-hydrogen) atoms. The molecule has 0 saturated heterocycles. The molecule has 0 bridgehead atoms. The molecule has 0 aromatic heterocycles. The molecule has 2 aromatic rings. The van der Waals surface area contributed by atoms with Crippen LogP contribution in [0.25, 0.3) is 0 Å². The second-order valence-corrected chi connectivity index (χ2v) is 10.4. The summed E-state index contributed by atoms with van der Waals surface area (Å²) in [7, 11) is 0.131. The van der Waals surface area contributed by atoms with Crippen LogP contribution in [0.1, 0.15) is 75.1 Å². The van der Waals surface area contributed by atoms with Gasteiger partial charge in [-0.25, -0.2) is 0 Å². The minimum Gasteiger partial charge on any atom is -1.00 e. The van der Waals surface area contributed by atoms with Crippen LogP contribution in [0.3, 0.4) is 0 Å². The first-order chi connectivity index (χ1) is 13.0. The summed E-state index contributed by atoms with van der Waals surface area (Å²) in [4.78, 5) is 13.1. The summed E-state index contributed by atoms with van der Waals surface area (Å²) >= 11 is 0. The van der Waals surface area contributed by atoms with Crippen molar-refractivity contribution in [3.05, 3.63) is 58.1 Å². The van der Waals surface area contributed by atoms with E-state index < -0.39 is 0 Å². The Morgan fingerprint density at radius 2 is 1.62 bits per heavy atom. The fourth-order valence-electron chi connectivity index (χ4n) is 3.22. The zero-order valence-corrected chi connectivity index (χ0v) is 20.7. The third-order valence-corrected chi connectivity index (χ3v) is 6.34. The van der Waals surface area contributed by atoms with Crippen LogP contribution in [0.4, 0.5) is 0 Å². The largest absolute Gasteiger partial charge is 1.00 e. The molecule has 0 amide bonds. The maximum atomic E-state index is 13.1. The molecule has 0 aliphatic rings. The van der Waals surface area contributed by atoms with Crippen LogP contribution in [-0.2, 0) is 5.41 Å². The van der Waals surface area contributed by atoms with Crippen LogP contribution >= 0.6 is 8.58 Å². The molecular formula is C25H36LiO2P. The van der Waals surface area contributed by atoms with Crippen LogP contribution < -0.4 is 28.9 Å². The maximum Gasteiger partial charge on any atom is 1.00 e. The van der Waals surface area contributed by atoms with Gasteiger partial charge in [-0.05, 0) is 86.8 Å². The molecule has 0 N–H and O–H groups in total. The molecule has 0 heterocycles. The van der Waals surface area contributed by atoms with Gasteiger partial charge in [0.15, 0.2) is 5.52 Å². The number of hydrogen-bond acceptors (Lipinski definition) is 2. The first-order valence-electron chi connectivity index (χ1n) is 10.2. The summed E-state index contributed by atoms with van der Waals surface area (Å²) in [5.74, 6) is 1.52. The van der Waals surface area contributed by atoms with Gasteiger partial charge in [0, 0.05) is 5.56 Å². The first-order valence-corrected chi connectivity index (χ1v) is 11.2. The van der Waals surface area contributed by atoms with Crippen molar-refractivity contribution in [2.24, 2.45) is 5.92 Å². The Bertz CT molecular complexity index is 834. The average Bonchev–Trinajstić information content (AvgIpc) is 2.55. The SMILES string of the molecule is Cc1cc(OCCC(C)C)ccc1PC(=O)c1c(C)cc(C(C)(C)C)cc1C.[H-].[Li+]. The van der Waals surface area contributed by atoms with E-state index in [0.717, 1.165) is 46.3 Å². The smallest absolute Gasteiger partial charge is 1.00 e. The summed E-state index contributed by atoms with van der Waals surface area (Å²) < 4.78 is 5.84. The molecule has 0 spiro atoms. The van der Waals surface area contributed by atoms with Crippen molar-refractivity contribution in [2.45, 2.75) is 67.2 Å². The predicted molar refractivity (Wildman–Crippen MR) is 124 cm³/mol. The summed E-state index contributed by atoms with van der Waals surface area (Å²) in [5, 5.41) is 1.10. The van der Waals surface area contributed by atoms with Crippen molar-refractivity contribution in [2.75, 3.05) is 6.61 Å². The van der Waals surface area contributed by atoms with Crippen LogP contribution in [0.15, 0.2) is 30.3 Å². The molecule has 2 aromatic carbocycles. The fourth-order valence-corrected chi connectivity index (χ4v) is 4.42. The van der Waals surface area contributed by atoms with E-state index in [9.17, 15) is 4.79 Å². The van der Waals surface area contributed by atoms with Gasteiger partial charge >= 0.3 is 18.9 Å². The number of ether oxygens (including phenoxy) is 1. The van der Waals surface area contributed by atoms with Crippen molar-refractivity contribution in [1.29, 1.82) is 0 Å². The molecule has 1 atom stereocenters. The van der Waals surface area contributed by atoms with Crippen molar-refractivity contribution >= 4 is 19.4 Å². The Balaban J connectivity index is 0.00000420. The second-order valence-electron chi connectivity index (χ2n) is 9.20. The first kappa shape index (κ1) is 26.0. The molecule has 0 saturated carbocycles. The predicted octanol–water partition coefficient (Wildman–Crippen LogP) is 3.59. The number of carbonyl (C=O) groups excluding carboxylic acids is 1. The minimum atomic E-state index is 0. The van der Waals surface area contributed by atoms with E-state index in [1.165, 1.54) is 5.56 Å². The molecule has 0 aliphatic carbocycles. The Morgan fingerprint density at radius 3 is 2.10 bits per heavy atom. The third-order valence-electron chi connectivity index (χ3n) is 5.04. The molecule has 4 heteroatoms. The monoisotopic (exact) mass is 406 g/mol. The topological polar surface area (TPSA) is 26.3 Å². The summed E-state index contributed by atoms with van der Waals surface area (Å²) in [6.07, 6.45) is 1.05. The van der Waals surface area contributed by atoms with E-state index in [-0.39, 0.29) is 39.8 Å². The van der Waals surface area contributed by atoms with Gasteiger partial charge in [0.1, 0.15) is 5.75 Å². The molecule has 2 nitrogen and oxygen atoms in total. The van der Waals surface area contributed by atoms with E-state index in [2.05, 4.69) is 73.6 Å². The third kappa shape index (κ3) is 7.29. The zero-order valence-electron chi connectivity index (χ0n) is 20.7. The summed E-state index contributed by atoms with van der Waals surface area (Å²) in [6.45, 7) is 17.9. The van der Waals surface area contributed by atoms with Gasteiger partial charge < -0.3 is 6.16 Å². The van der Waals surface area contributed by atoms with E-state index in [4.69, 9.17) is 4.74 Å². The second kappa shape index (κ2) is 10.8. The Kier molecular flexibility index (Phi) is 9.68. The summed E-state index contributed by atoms with van der Waals surface area (Å²) in [5.41, 5.74) is 5.73. The van der Waals surface area contributed by atoms with Crippen LogP contribution in [0.2, 0.25) is 0 Å². The Labute approximate surface area is 192 Å².